The summed E-state index contributed by atoms with van der Waals surface area (Å²) in [6, 6.07) is 4.77. The van der Waals surface area contributed by atoms with E-state index in [2.05, 4.69) is 48.0 Å². The molecular formula is C16H26ClN5. The molecule has 1 N–H and O–H groups in total. The van der Waals surface area contributed by atoms with Crippen molar-refractivity contribution in [3.05, 3.63) is 35.4 Å². The van der Waals surface area contributed by atoms with Crippen molar-refractivity contribution >= 4 is 12.4 Å². The molecular weight excluding hydrogens is 298 g/mol. The van der Waals surface area contributed by atoms with E-state index in [4.69, 9.17) is 5.10 Å². The van der Waals surface area contributed by atoms with Crippen LogP contribution in [0.15, 0.2) is 18.3 Å². The minimum atomic E-state index is 0. The van der Waals surface area contributed by atoms with Gasteiger partial charge in [0.05, 0.1) is 17.1 Å². The Morgan fingerprint density at radius 3 is 2.64 bits per heavy atom. The second kappa shape index (κ2) is 7.29. The van der Waals surface area contributed by atoms with Crippen LogP contribution in [0.5, 0.6) is 0 Å². The van der Waals surface area contributed by atoms with Crippen LogP contribution in [0.1, 0.15) is 62.7 Å². The van der Waals surface area contributed by atoms with Gasteiger partial charge in [-0.2, -0.15) is 10.2 Å². The maximum Gasteiger partial charge on any atom is 0.0659 e. The fourth-order valence-electron chi connectivity index (χ4n) is 2.73. The zero-order valence-corrected chi connectivity index (χ0v) is 14.4. The Morgan fingerprint density at radius 2 is 2.00 bits per heavy atom. The van der Waals surface area contributed by atoms with Crippen molar-refractivity contribution < 1.29 is 0 Å². The number of rotatable bonds is 7. The van der Waals surface area contributed by atoms with Gasteiger partial charge in [0.15, 0.2) is 0 Å². The van der Waals surface area contributed by atoms with Crippen molar-refractivity contribution in [2.75, 3.05) is 0 Å². The van der Waals surface area contributed by atoms with E-state index in [0.29, 0.717) is 12.0 Å². The molecule has 0 atom stereocenters. The van der Waals surface area contributed by atoms with Crippen LogP contribution in [0.3, 0.4) is 0 Å². The molecule has 0 saturated heterocycles. The number of aromatic nitrogens is 4. The van der Waals surface area contributed by atoms with Gasteiger partial charge >= 0.3 is 0 Å². The first-order chi connectivity index (χ1) is 10.2. The van der Waals surface area contributed by atoms with Crippen LogP contribution < -0.4 is 5.32 Å². The Balaban J connectivity index is 0.00000176. The van der Waals surface area contributed by atoms with Crippen LogP contribution in [-0.4, -0.2) is 19.6 Å². The fraction of sp³-hybridized carbons (Fsp3) is 0.625. The van der Waals surface area contributed by atoms with E-state index >= 15 is 0 Å². The van der Waals surface area contributed by atoms with Gasteiger partial charge in [0.25, 0.3) is 0 Å². The van der Waals surface area contributed by atoms with E-state index in [1.165, 1.54) is 29.9 Å². The van der Waals surface area contributed by atoms with Gasteiger partial charge in [0, 0.05) is 37.8 Å². The van der Waals surface area contributed by atoms with Crippen molar-refractivity contribution in [3.63, 3.8) is 0 Å². The molecule has 6 heteroatoms. The van der Waals surface area contributed by atoms with Crippen molar-refractivity contribution in [1.82, 2.24) is 24.9 Å². The third-order valence-corrected chi connectivity index (χ3v) is 4.03. The van der Waals surface area contributed by atoms with E-state index in [9.17, 15) is 0 Å². The Labute approximate surface area is 138 Å². The van der Waals surface area contributed by atoms with Crippen LogP contribution >= 0.6 is 12.4 Å². The van der Waals surface area contributed by atoms with Crippen LogP contribution in [0, 0.1) is 0 Å². The number of aryl methyl sites for hydroxylation is 1. The molecule has 5 nitrogen and oxygen atoms in total. The van der Waals surface area contributed by atoms with E-state index in [1.807, 2.05) is 10.9 Å². The minimum absolute atomic E-state index is 0. The molecule has 122 valence electrons. The number of halogens is 1. The predicted molar refractivity (Wildman–Crippen MR) is 90.3 cm³/mol. The molecule has 0 amide bonds. The zero-order chi connectivity index (χ0) is 14.8. The molecule has 0 radical (unpaired) electrons. The summed E-state index contributed by atoms with van der Waals surface area (Å²) in [5.74, 6) is 0.713. The van der Waals surface area contributed by atoms with Crippen molar-refractivity contribution in [3.8, 4) is 0 Å². The summed E-state index contributed by atoms with van der Waals surface area (Å²) in [7, 11) is 0. The molecule has 1 fully saturated rings. The summed E-state index contributed by atoms with van der Waals surface area (Å²) in [5, 5.41) is 12.6. The molecule has 1 saturated carbocycles. The third kappa shape index (κ3) is 3.70. The highest BCUT2D eigenvalue weighted by Crippen LogP contribution is 2.39. The molecule has 2 heterocycles. The number of nitrogens with zero attached hydrogens (tertiary/aromatic N) is 4. The molecule has 1 aliphatic rings. The molecule has 2 aromatic rings. The lowest BCUT2D eigenvalue weighted by atomic mass is 10.2. The van der Waals surface area contributed by atoms with Crippen molar-refractivity contribution in [1.29, 1.82) is 0 Å². The SMILES string of the molecule is CCn1nccc1CNCc1cc(C2CC2)nn1C(C)C.Cl. The normalized spacial score (nSPS) is 14.4. The lowest BCUT2D eigenvalue weighted by Gasteiger charge is -2.12. The van der Waals surface area contributed by atoms with Crippen LogP contribution in [0.4, 0.5) is 0 Å². The number of nitrogens with one attached hydrogen (secondary N) is 1. The summed E-state index contributed by atoms with van der Waals surface area (Å²) in [4.78, 5) is 0. The second-order valence-corrected chi connectivity index (χ2v) is 6.11. The van der Waals surface area contributed by atoms with E-state index < -0.39 is 0 Å². The first-order valence-electron chi connectivity index (χ1n) is 7.98. The van der Waals surface area contributed by atoms with Gasteiger partial charge in [0.2, 0.25) is 0 Å². The van der Waals surface area contributed by atoms with Gasteiger partial charge in [-0.1, -0.05) is 0 Å². The molecule has 0 aromatic carbocycles. The molecule has 2 aromatic heterocycles. The van der Waals surface area contributed by atoms with Crippen molar-refractivity contribution in [2.45, 2.75) is 65.2 Å². The van der Waals surface area contributed by atoms with Gasteiger partial charge in [-0.25, -0.2) is 0 Å². The van der Waals surface area contributed by atoms with Gasteiger partial charge in [-0.05, 0) is 45.7 Å². The van der Waals surface area contributed by atoms with Crippen LogP contribution in [-0.2, 0) is 19.6 Å². The standard InChI is InChI=1S/C16H25N5.ClH/c1-4-20-14(7-8-18-20)10-17-11-15-9-16(13-5-6-13)19-21(15)12(2)3;/h7-9,12-13,17H,4-6,10-11H2,1-3H3;1H. The zero-order valence-electron chi connectivity index (χ0n) is 13.6. The quantitative estimate of drug-likeness (QED) is 0.850. The van der Waals surface area contributed by atoms with Gasteiger partial charge in [-0.3, -0.25) is 9.36 Å². The summed E-state index contributed by atoms with van der Waals surface area (Å²) >= 11 is 0. The number of hydrogen-bond acceptors (Lipinski definition) is 3. The summed E-state index contributed by atoms with van der Waals surface area (Å²) in [5.41, 5.74) is 3.80. The predicted octanol–water partition coefficient (Wildman–Crippen LogP) is 3.27. The topological polar surface area (TPSA) is 47.7 Å². The van der Waals surface area contributed by atoms with E-state index in [0.717, 1.165) is 19.6 Å². The fourth-order valence-corrected chi connectivity index (χ4v) is 2.73. The average molecular weight is 324 g/mol. The van der Waals surface area contributed by atoms with Crippen molar-refractivity contribution in [2.24, 2.45) is 0 Å². The average Bonchev–Trinajstić information content (AvgIpc) is 3.07. The summed E-state index contributed by atoms with van der Waals surface area (Å²) in [6.45, 7) is 9.12. The molecule has 3 rings (SSSR count). The van der Waals surface area contributed by atoms with Gasteiger partial charge in [0.1, 0.15) is 0 Å². The van der Waals surface area contributed by atoms with Crippen LogP contribution in [0.25, 0.3) is 0 Å². The third-order valence-electron chi connectivity index (χ3n) is 4.03. The second-order valence-electron chi connectivity index (χ2n) is 6.11. The minimum Gasteiger partial charge on any atom is -0.306 e. The van der Waals surface area contributed by atoms with E-state index in [1.54, 1.807) is 0 Å². The Kier molecular flexibility index (Phi) is 5.64. The van der Waals surface area contributed by atoms with E-state index in [-0.39, 0.29) is 12.4 Å². The highest BCUT2D eigenvalue weighted by Gasteiger charge is 2.27. The molecule has 0 aliphatic heterocycles. The Hall–Kier alpha value is -1.33. The monoisotopic (exact) mass is 323 g/mol. The molecule has 22 heavy (non-hydrogen) atoms. The largest absolute Gasteiger partial charge is 0.306 e. The lowest BCUT2D eigenvalue weighted by Crippen LogP contribution is -2.19. The Bertz CT molecular complexity index is 597. The molecule has 0 bridgehead atoms. The number of hydrogen-bond donors (Lipinski definition) is 1. The maximum atomic E-state index is 4.78. The Morgan fingerprint density at radius 1 is 1.27 bits per heavy atom. The van der Waals surface area contributed by atoms with Gasteiger partial charge < -0.3 is 5.32 Å². The highest BCUT2D eigenvalue weighted by molar-refractivity contribution is 5.85. The van der Waals surface area contributed by atoms with Crippen LogP contribution in [0.2, 0.25) is 0 Å². The van der Waals surface area contributed by atoms with Gasteiger partial charge in [-0.15, -0.1) is 12.4 Å². The smallest absolute Gasteiger partial charge is 0.0659 e. The summed E-state index contributed by atoms with van der Waals surface area (Å²) in [6.07, 6.45) is 4.47. The molecule has 0 spiro atoms. The lowest BCUT2D eigenvalue weighted by molar-refractivity contribution is 0.487. The molecule has 0 unspecified atom stereocenters. The first kappa shape index (κ1) is 17.0. The maximum absolute atomic E-state index is 4.78. The summed E-state index contributed by atoms with van der Waals surface area (Å²) < 4.78 is 4.19. The first-order valence-corrected chi connectivity index (χ1v) is 7.98. The molecule has 1 aliphatic carbocycles. The highest BCUT2D eigenvalue weighted by atomic mass is 35.5.